The van der Waals surface area contributed by atoms with Crippen molar-refractivity contribution in [3.8, 4) is 11.5 Å². The number of halogens is 1. The number of carbonyl (C=O) groups is 2. The van der Waals surface area contributed by atoms with Gasteiger partial charge in [0.2, 0.25) is 23.6 Å². The zero-order valence-electron chi connectivity index (χ0n) is 18.6. The molecule has 1 aliphatic carbocycles. The van der Waals surface area contributed by atoms with Crippen LogP contribution in [0.1, 0.15) is 36.3 Å². The van der Waals surface area contributed by atoms with E-state index in [9.17, 15) is 9.59 Å². The summed E-state index contributed by atoms with van der Waals surface area (Å²) in [4.78, 5) is 29.8. The standard InChI is InChI=1S/C25H25ClN4O3/c1-15-4-3-5-21(16(15)2)30-13-18(12-23(30)31)25(32)29(20-10-11-20)14-22-27-28-24(33-22)17-6-8-19(26)9-7-17/h3-9,18,20H,10-14H2,1-2H3/t18-/m1/s1. The summed E-state index contributed by atoms with van der Waals surface area (Å²) < 4.78 is 5.83. The van der Waals surface area contributed by atoms with Crippen molar-refractivity contribution in [2.45, 2.75) is 45.7 Å². The Morgan fingerprint density at radius 1 is 1.15 bits per heavy atom. The highest BCUT2D eigenvalue weighted by molar-refractivity contribution is 6.30. The lowest BCUT2D eigenvalue weighted by atomic mass is 10.1. The van der Waals surface area contributed by atoms with Crippen LogP contribution in [0, 0.1) is 19.8 Å². The molecule has 0 bridgehead atoms. The maximum atomic E-state index is 13.5. The summed E-state index contributed by atoms with van der Waals surface area (Å²) in [5.41, 5.74) is 3.85. The number of aromatic nitrogens is 2. The summed E-state index contributed by atoms with van der Waals surface area (Å²) in [6.45, 7) is 4.68. The Morgan fingerprint density at radius 3 is 2.64 bits per heavy atom. The quantitative estimate of drug-likeness (QED) is 0.534. The van der Waals surface area contributed by atoms with Crippen molar-refractivity contribution in [3.63, 3.8) is 0 Å². The SMILES string of the molecule is Cc1cccc(N2C[C@H](C(=O)N(Cc3nnc(-c4ccc(Cl)cc4)o3)C3CC3)CC2=O)c1C. The van der Waals surface area contributed by atoms with Crippen LogP contribution >= 0.6 is 11.6 Å². The number of hydrogen-bond donors (Lipinski definition) is 0. The molecule has 0 N–H and O–H groups in total. The van der Waals surface area contributed by atoms with Gasteiger partial charge in [0.15, 0.2) is 0 Å². The summed E-state index contributed by atoms with van der Waals surface area (Å²) in [7, 11) is 0. The van der Waals surface area contributed by atoms with E-state index in [4.69, 9.17) is 16.0 Å². The highest BCUT2D eigenvalue weighted by atomic mass is 35.5. The molecule has 170 valence electrons. The van der Waals surface area contributed by atoms with Crippen LogP contribution in [0.2, 0.25) is 5.02 Å². The summed E-state index contributed by atoms with van der Waals surface area (Å²) in [5, 5.41) is 8.91. The van der Waals surface area contributed by atoms with E-state index in [0.717, 1.165) is 35.2 Å². The monoisotopic (exact) mass is 464 g/mol. The Kier molecular flexibility index (Phi) is 5.66. The molecule has 1 aliphatic heterocycles. The summed E-state index contributed by atoms with van der Waals surface area (Å²) in [5.74, 6) is 0.361. The molecule has 2 fully saturated rings. The second-order valence-electron chi connectivity index (χ2n) is 8.83. The molecule has 5 rings (SSSR count). The van der Waals surface area contributed by atoms with Crippen molar-refractivity contribution in [1.82, 2.24) is 15.1 Å². The van der Waals surface area contributed by atoms with Crippen LogP contribution in [0.5, 0.6) is 0 Å². The highest BCUT2D eigenvalue weighted by Gasteiger charge is 2.42. The summed E-state index contributed by atoms with van der Waals surface area (Å²) >= 11 is 5.95. The van der Waals surface area contributed by atoms with Gasteiger partial charge in [-0.1, -0.05) is 23.7 Å². The molecule has 2 aromatic carbocycles. The Labute approximate surface area is 197 Å². The normalized spacial score (nSPS) is 18.1. The minimum atomic E-state index is -0.378. The van der Waals surface area contributed by atoms with Gasteiger partial charge in [0, 0.05) is 35.3 Å². The molecular formula is C25H25ClN4O3. The second kappa shape index (κ2) is 8.63. The van der Waals surface area contributed by atoms with Gasteiger partial charge >= 0.3 is 0 Å². The van der Waals surface area contributed by atoms with Gasteiger partial charge in [-0.15, -0.1) is 10.2 Å². The molecule has 2 aliphatic rings. The van der Waals surface area contributed by atoms with E-state index < -0.39 is 0 Å². The number of rotatable bonds is 6. The molecule has 1 saturated heterocycles. The zero-order valence-corrected chi connectivity index (χ0v) is 19.4. The van der Waals surface area contributed by atoms with Gasteiger partial charge in [-0.05, 0) is 68.1 Å². The molecular weight excluding hydrogens is 440 g/mol. The molecule has 3 aromatic rings. The lowest BCUT2D eigenvalue weighted by Gasteiger charge is -2.24. The highest BCUT2D eigenvalue weighted by Crippen LogP contribution is 2.34. The Hall–Kier alpha value is -3.19. The Morgan fingerprint density at radius 2 is 1.91 bits per heavy atom. The zero-order chi connectivity index (χ0) is 23.1. The first-order chi connectivity index (χ1) is 15.9. The fourth-order valence-electron chi connectivity index (χ4n) is 4.31. The third-order valence-electron chi connectivity index (χ3n) is 6.48. The van der Waals surface area contributed by atoms with Crippen LogP contribution in [0.25, 0.3) is 11.5 Å². The van der Waals surface area contributed by atoms with Crippen LogP contribution in [0.15, 0.2) is 46.9 Å². The average Bonchev–Trinajstić information content (AvgIpc) is 3.41. The Balaban J connectivity index is 1.31. The third-order valence-corrected chi connectivity index (χ3v) is 6.73. The number of carbonyl (C=O) groups excluding carboxylic acids is 2. The smallest absolute Gasteiger partial charge is 0.247 e. The summed E-state index contributed by atoms with van der Waals surface area (Å²) in [6, 6.07) is 13.2. The number of amides is 2. The van der Waals surface area contributed by atoms with E-state index in [2.05, 4.69) is 10.2 Å². The molecule has 8 heteroatoms. The van der Waals surface area contributed by atoms with E-state index in [-0.39, 0.29) is 36.7 Å². The van der Waals surface area contributed by atoms with Gasteiger partial charge in [-0.3, -0.25) is 9.59 Å². The van der Waals surface area contributed by atoms with Crippen molar-refractivity contribution in [2.24, 2.45) is 5.92 Å². The fourth-order valence-corrected chi connectivity index (χ4v) is 4.44. The predicted octanol–water partition coefficient (Wildman–Crippen LogP) is 4.55. The van der Waals surface area contributed by atoms with Crippen molar-refractivity contribution < 1.29 is 14.0 Å². The lowest BCUT2D eigenvalue weighted by Crippen LogP contribution is -2.38. The van der Waals surface area contributed by atoms with Gasteiger partial charge in [0.25, 0.3) is 0 Å². The topological polar surface area (TPSA) is 79.5 Å². The molecule has 33 heavy (non-hydrogen) atoms. The van der Waals surface area contributed by atoms with Crippen LogP contribution in [0.4, 0.5) is 5.69 Å². The first kappa shape index (κ1) is 21.6. The third kappa shape index (κ3) is 4.37. The van der Waals surface area contributed by atoms with Crippen LogP contribution in [-0.4, -0.2) is 39.5 Å². The molecule has 0 unspecified atom stereocenters. The number of anilines is 1. The van der Waals surface area contributed by atoms with Gasteiger partial charge in [0.05, 0.1) is 12.5 Å². The molecule has 1 saturated carbocycles. The second-order valence-corrected chi connectivity index (χ2v) is 9.27. The molecule has 0 spiro atoms. The lowest BCUT2D eigenvalue weighted by molar-refractivity contribution is -0.137. The van der Waals surface area contributed by atoms with E-state index in [1.165, 1.54) is 0 Å². The number of benzene rings is 2. The van der Waals surface area contributed by atoms with E-state index in [0.29, 0.717) is 23.3 Å². The Bertz CT molecular complexity index is 1200. The van der Waals surface area contributed by atoms with Crippen LogP contribution < -0.4 is 4.90 Å². The maximum Gasteiger partial charge on any atom is 0.247 e. The van der Waals surface area contributed by atoms with Crippen molar-refractivity contribution in [2.75, 3.05) is 11.4 Å². The van der Waals surface area contributed by atoms with Crippen molar-refractivity contribution in [1.29, 1.82) is 0 Å². The molecule has 2 heterocycles. The van der Waals surface area contributed by atoms with E-state index in [1.54, 1.807) is 17.0 Å². The largest absolute Gasteiger partial charge is 0.419 e. The van der Waals surface area contributed by atoms with Crippen LogP contribution in [-0.2, 0) is 16.1 Å². The molecule has 1 aromatic heterocycles. The number of nitrogens with zero attached hydrogens (tertiary/aromatic N) is 4. The van der Waals surface area contributed by atoms with Crippen LogP contribution in [0.3, 0.4) is 0 Å². The van der Waals surface area contributed by atoms with Gasteiger partial charge < -0.3 is 14.2 Å². The van der Waals surface area contributed by atoms with Crippen molar-refractivity contribution >= 4 is 29.1 Å². The molecule has 1 atom stereocenters. The average molecular weight is 465 g/mol. The predicted molar refractivity (Wildman–Crippen MR) is 125 cm³/mol. The fraction of sp³-hybridized carbons (Fsp3) is 0.360. The summed E-state index contributed by atoms with van der Waals surface area (Å²) in [6.07, 6.45) is 2.12. The molecule has 2 amide bonds. The molecule has 0 radical (unpaired) electrons. The van der Waals surface area contributed by atoms with Gasteiger partial charge in [-0.2, -0.15) is 0 Å². The van der Waals surface area contributed by atoms with Crippen molar-refractivity contribution in [3.05, 3.63) is 64.5 Å². The van der Waals surface area contributed by atoms with Gasteiger partial charge in [-0.25, -0.2) is 0 Å². The van der Waals surface area contributed by atoms with E-state index >= 15 is 0 Å². The van der Waals surface area contributed by atoms with E-state index in [1.807, 2.05) is 49.1 Å². The molecule has 7 nitrogen and oxygen atoms in total. The minimum Gasteiger partial charge on any atom is -0.419 e. The number of aryl methyl sites for hydroxylation is 1. The maximum absolute atomic E-state index is 13.5. The first-order valence-electron chi connectivity index (χ1n) is 11.2. The minimum absolute atomic E-state index is 0.0133. The van der Waals surface area contributed by atoms with Gasteiger partial charge in [0.1, 0.15) is 0 Å². The number of hydrogen-bond acceptors (Lipinski definition) is 5. The first-order valence-corrected chi connectivity index (χ1v) is 11.5.